The van der Waals surface area contributed by atoms with E-state index in [0.717, 1.165) is 12.8 Å². The average Bonchev–Trinajstić information content (AvgIpc) is 2.72. The molecular formula is C22H25NO4. The van der Waals surface area contributed by atoms with Crippen molar-refractivity contribution in [1.82, 2.24) is 4.90 Å². The van der Waals surface area contributed by atoms with Crippen LogP contribution in [0.15, 0.2) is 47.1 Å². The third-order valence-corrected chi connectivity index (χ3v) is 5.10. The van der Waals surface area contributed by atoms with Gasteiger partial charge in [-0.1, -0.05) is 37.6 Å². The predicted molar refractivity (Wildman–Crippen MR) is 103 cm³/mol. The third-order valence-electron chi connectivity index (χ3n) is 5.10. The van der Waals surface area contributed by atoms with E-state index in [0.29, 0.717) is 60.6 Å². The monoisotopic (exact) mass is 367 g/mol. The minimum absolute atomic E-state index is 0.0637. The number of amides is 1. The molecule has 1 heterocycles. The molecule has 0 unspecified atom stereocenters. The topological polar surface area (TPSA) is 63.7 Å². The van der Waals surface area contributed by atoms with Gasteiger partial charge in [-0.2, -0.15) is 0 Å². The second-order valence-corrected chi connectivity index (χ2v) is 6.92. The molecule has 1 aromatic carbocycles. The van der Waals surface area contributed by atoms with Gasteiger partial charge in [0.25, 0.3) is 0 Å². The number of ketones is 2. The fourth-order valence-electron chi connectivity index (χ4n) is 3.44. The number of carbonyl (C=O) groups is 3. The van der Waals surface area contributed by atoms with E-state index in [-0.39, 0.29) is 17.5 Å². The van der Waals surface area contributed by atoms with Gasteiger partial charge in [0.05, 0.1) is 13.2 Å². The SMILES string of the molecule is CCCC/C(=C\C1=C(C)C(=O)c2ccccc2C1=O)C(=O)N1CCOCC1. The average molecular weight is 367 g/mol. The van der Waals surface area contributed by atoms with Crippen LogP contribution in [0, 0.1) is 0 Å². The fraction of sp³-hybridized carbons (Fsp3) is 0.409. The summed E-state index contributed by atoms with van der Waals surface area (Å²) >= 11 is 0. The van der Waals surface area contributed by atoms with Crippen molar-refractivity contribution >= 4 is 17.5 Å². The first-order valence-electron chi connectivity index (χ1n) is 9.51. The summed E-state index contributed by atoms with van der Waals surface area (Å²) in [5, 5.41) is 0. The van der Waals surface area contributed by atoms with Crippen LogP contribution in [-0.2, 0) is 9.53 Å². The molecule has 0 spiro atoms. The summed E-state index contributed by atoms with van der Waals surface area (Å²) in [4.78, 5) is 40.4. The molecule has 1 amide bonds. The first kappa shape index (κ1) is 19.2. The zero-order valence-corrected chi connectivity index (χ0v) is 15.9. The lowest BCUT2D eigenvalue weighted by molar-refractivity contribution is -0.131. The second kappa shape index (κ2) is 8.44. The number of ether oxygens (including phenoxy) is 1. The van der Waals surface area contributed by atoms with Crippen LogP contribution in [0.3, 0.4) is 0 Å². The van der Waals surface area contributed by atoms with E-state index >= 15 is 0 Å². The van der Waals surface area contributed by atoms with Gasteiger partial charge in [-0.15, -0.1) is 0 Å². The summed E-state index contributed by atoms with van der Waals surface area (Å²) in [6.07, 6.45) is 4.04. The number of unbranched alkanes of at least 4 members (excludes halogenated alkanes) is 1. The number of carbonyl (C=O) groups excluding carboxylic acids is 3. The zero-order chi connectivity index (χ0) is 19.4. The van der Waals surface area contributed by atoms with Crippen molar-refractivity contribution in [1.29, 1.82) is 0 Å². The Balaban J connectivity index is 1.98. The Kier molecular flexibility index (Phi) is 6.01. The van der Waals surface area contributed by atoms with E-state index in [1.54, 1.807) is 42.2 Å². The van der Waals surface area contributed by atoms with Crippen LogP contribution in [0.25, 0.3) is 0 Å². The van der Waals surface area contributed by atoms with Crippen molar-refractivity contribution in [2.45, 2.75) is 33.1 Å². The number of hydrogen-bond acceptors (Lipinski definition) is 4. The number of rotatable bonds is 5. The van der Waals surface area contributed by atoms with E-state index in [4.69, 9.17) is 4.74 Å². The highest BCUT2D eigenvalue weighted by molar-refractivity contribution is 6.28. The van der Waals surface area contributed by atoms with Gasteiger partial charge in [-0.25, -0.2) is 0 Å². The maximum absolute atomic E-state index is 13.0. The molecule has 27 heavy (non-hydrogen) atoms. The van der Waals surface area contributed by atoms with E-state index in [2.05, 4.69) is 6.92 Å². The van der Waals surface area contributed by atoms with Gasteiger partial charge in [0.2, 0.25) is 5.91 Å². The standard InChI is InChI=1S/C22H25NO4/c1-3-4-7-16(22(26)23-10-12-27-13-11-23)14-19-15(2)20(24)17-8-5-6-9-18(17)21(19)25/h5-6,8-9,14H,3-4,7,10-13H2,1-2H3/b16-14+. The highest BCUT2D eigenvalue weighted by Gasteiger charge is 2.30. The van der Waals surface area contributed by atoms with Crippen LogP contribution in [0.5, 0.6) is 0 Å². The quantitative estimate of drug-likeness (QED) is 0.749. The Morgan fingerprint density at radius 1 is 1.11 bits per heavy atom. The number of morpholine rings is 1. The number of hydrogen-bond donors (Lipinski definition) is 0. The van der Waals surface area contributed by atoms with Crippen molar-refractivity contribution in [3.8, 4) is 0 Å². The largest absolute Gasteiger partial charge is 0.378 e. The molecule has 1 aromatic rings. The van der Waals surface area contributed by atoms with Crippen molar-refractivity contribution in [2.24, 2.45) is 0 Å². The Bertz CT molecular complexity index is 828. The van der Waals surface area contributed by atoms with Gasteiger partial charge in [0, 0.05) is 40.9 Å². The van der Waals surface area contributed by atoms with Crippen LogP contribution in [0.1, 0.15) is 53.8 Å². The Morgan fingerprint density at radius 3 is 2.37 bits per heavy atom. The molecule has 142 valence electrons. The summed E-state index contributed by atoms with van der Waals surface area (Å²) < 4.78 is 5.33. The lowest BCUT2D eigenvalue weighted by Gasteiger charge is -2.28. The smallest absolute Gasteiger partial charge is 0.249 e. The minimum atomic E-state index is -0.188. The van der Waals surface area contributed by atoms with Crippen LogP contribution in [0.2, 0.25) is 0 Å². The van der Waals surface area contributed by atoms with Crippen molar-refractivity contribution < 1.29 is 19.1 Å². The predicted octanol–water partition coefficient (Wildman–Crippen LogP) is 3.36. The first-order chi connectivity index (χ1) is 13.0. The highest BCUT2D eigenvalue weighted by Crippen LogP contribution is 2.28. The Labute approximate surface area is 159 Å². The number of fused-ring (bicyclic) bond motifs is 1. The van der Waals surface area contributed by atoms with Crippen molar-refractivity contribution in [3.05, 3.63) is 58.2 Å². The summed E-state index contributed by atoms with van der Waals surface area (Å²) in [7, 11) is 0. The molecule has 0 bridgehead atoms. The van der Waals surface area contributed by atoms with Crippen LogP contribution >= 0.6 is 0 Å². The van der Waals surface area contributed by atoms with Gasteiger partial charge in [-0.05, 0) is 25.8 Å². The first-order valence-corrected chi connectivity index (χ1v) is 9.51. The lowest BCUT2D eigenvalue weighted by Crippen LogP contribution is -2.41. The number of allylic oxidation sites excluding steroid dienone is 3. The van der Waals surface area contributed by atoms with E-state index in [1.165, 1.54) is 0 Å². The summed E-state index contributed by atoms with van der Waals surface area (Å²) in [5.74, 6) is -0.400. The van der Waals surface area contributed by atoms with Crippen molar-refractivity contribution in [3.63, 3.8) is 0 Å². The number of nitrogens with zero attached hydrogens (tertiary/aromatic N) is 1. The second-order valence-electron chi connectivity index (χ2n) is 6.92. The molecular weight excluding hydrogens is 342 g/mol. The maximum atomic E-state index is 13.0. The number of benzene rings is 1. The molecule has 1 aliphatic heterocycles. The molecule has 5 heteroatoms. The maximum Gasteiger partial charge on any atom is 0.249 e. The van der Waals surface area contributed by atoms with Gasteiger partial charge >= 0.3 is 0 Å². The lowest BCUT2D eigenvalue weighted by atomic mass is 9.83. The van der Waals surface area contributed by atoms with Crippen LogP contribution in [0.4, 0.5) is 0 Å². The van der Waals surface area contributed by atoms with E-state index < -0.39 is 0 Å². The molecule has 1 saturated heterocycles. The molecule has 0 saturated carbocycles. The molecule has 0 radical (unpaired) electrons. The van der Waals surface area contributed by atoms with Gasteiger partial charge < -0.3 is 9.64 Å². The van der Waals surface area contributed by atoms with Gasteiger partial charge in [0.15, 0.2) is 11.6 Å². The van der Waals surface area contributed by atoms with E-state index in [1.807, 2.05) is 0 Å². The van der Waals surface area contributed by atoms with Crippen LogP contribution in [-0.4, -0.2) is 48.7 Å². The summed E-state index contributed by atoms with van der Waals surface area (Å²) in [6.45, 7) is 5.89. The Morgan fingerprint density at radius 2 is 1.74 bits per heavy atom. The minimum Gasteiger partial charge on any atom is -0.378 e. The molecule has 1 fully saturated rings. The molecule has 5 nitrogen and oxygen atoms in total. The van der Waals surface area contributed by atoms with Gasteiger partial charge in [-0.3, -0.25) is 14.4 Å². The molecule has 0 atom stereocenters. The molecule has 0 aromatic heterocycles. The molecule has 0 N–H and O–H groups in total. The summed E-state index contributed by atoms with van der Waals surface area (Å²) in [6, 6.07) is 6.86. The fourth-order valence-corrected chi connectivity index (χ4v) is 3.44. The van der Waals surface area contributed by atoms with Gasteiger partial charge in [0.1, 0.15) is 0 Å². The van der Waals surface area contributed by atoms with E-state index in [9.17, 15) is 14.4 Å². The molecule has 1 aliphatic carbocycles. The van der Waals surface area contributed by atoms with Crippen molar-refractivity contribution in [2.75, 3.05) is 26.3 Å². The summed E-state index contributed by atoms with van der Waals surface area (Å²) in [5.41, 5.74) is 2.18. The molecule has 3 rings (SSSR count). The third kappa shape index (κ3) is 3.93. The molecule has 2 aliphatic rings. The van der Waals surface area contributed by atoms with Crippen LogP contribution < -0.4 is 0 Å². The Hall–Kier alpha value is -2.53. The zero-order valence-electron chi connectivity index (χ0n) is 15.9. The highest BCUT2D eigenvalue weighted by atomic mass is 16.5. The number of Topliss-reactive ketones (excluding diaryl/α,β-unsaturated/α-hetero) is 2. The normalized spacial score (nSPS) is 18.0.